The van der Waals surface area contributed by atoms with Gasteiger partial charge in [0.2, 0.25) is 0 Å². The van der Waals surface area contributed by atoms with Crippen molar-refractivity contribution in [1.29, 1.82) is 0 Å². The van der Waals surface area contributed by atoms with E-state index >= 15 is 0 Å². The number of carbonyl (C=O) groups excluding carboxylic acids is 2. The monoisotopic (exact) mass is 423 g/mol. The van der Waals surface area contributed by atoms with E-state index in [4.69, 9.17) is 0 Å². The number of H-pyrrole nitrogens is 2. The molecule has 1 aliphatic heterocycles. The van der Waals surface area contributed by atoms with E-state index in [-0.39, 0.29) is 11.7 Å². The van der Waals surface area contributed by atoms with Crippen molar-refractivity contribution in [1.82, 2.24) is 20.2 Å². The lowest BCUT2D eigenvalue weighted by atomic mass is 10.0. The summed E-state index contributed by atoms with van der Waals surface area (Å²) in [7, 11) is 0. The quantitative estimate of drug-likeness (QED) is 0.325. The van der Waals surface area contributed by atoms with Gasteiger partial charge in [0.25, 0.3) is 5.91 Å². The average molecular weight is 423 g/mol. The summed E-state index contributed by atoms with van der Waals surface area (Å²) in [5.74, 6) is 1.04. The van der Waals surface area contributed by atoms with Crippen LogP contribution in [0.5, 0.6) is 0 Å². The zero-order chi connectivity index (χ0) is 22.4. The Hall–Kier alpha value is -4.26. The number of aromatic nitrogens is 4. The average Bonchev–Trinajstić information content (AvgIpc) is 3.45. The van der Waals surface area contributed by atoms with E-state index in [1.165, 1.54) is 0 Å². The fourth-order valence-electron chi connectivity index (χ4n) is 4.18. The Bertz CT molecular complexity index is 1410. The van der Waals surface area contributed by atoms with Crippen molar-refractivity contribution in [2.24, 2.45) is 0 Å². The molecule has 0 atom stereocenters. The molecule has 7 heteroatoms. The summed E-state index contributed by atoms with van der Waals surface area (Å²) in [6.07, 6.45) is 1.80. The van der Waals surface area contributed by atoms with Gasteiger partial charge in [-0.15, -0.1) is 0 Å². The third-order valence-electron chi connectivity index (χ3n) is 5.71. The molecule has 1 amide bonds. The highest BCUT2D eigenvalue weighted by molar-refractivity contribution is 6.35. The molecule has 0 bridgehead atoms. The van der Waals surface area contributed by atoms with Crippen LogP contribution in [-0.2, 0) is 4.79 Å². The minimum atomic E-state index is -0.187. The molecule has 0 saturated carbocycles. The highest BCUT2D eigenvalue weighted by atomic mass is 16.2. The fraction of sp³-hybridized carbons (Fsp3) is 0.120. The summed E-state index contributed by atoms with van der Waals surface area (Å²) >= 11 is 0. The second kappa shape index (κ2) is 7.46. The molecule has 5 rings (SSSR count). The van der Waals surface area contributed by atoms with Crippen LogP contribution in [0, 0.1) is 13.8 Å². The molecule has 3 heterocycles. The van der Waals surface area contributed by atoms with E-state index in [9.17, 15) is 9.59 Å². The summed E-state index contributed by atoms with van der Waals surface area (Å²) in [6, 6.07) is 15.4. The second-order valence-corrected chi connectivity index (χ2v) is 7.87. The smallest absolute Gasteiger partial charge is 0.256 e. The molecule has 1 aliphatic rings. The SMILES string of the molecule is CC(=O)c1c(C)[nH]c(/C=C2\C(=O)Nc3ccc(-c4n[nH]c(-c5ccccc5)n4)cc32)c1C. The molecule has 0 unspecified atom stereocenters. The van der Waals surface area contributed by atoms with E-state index < -0.39 is 0 Å². The number of aromatic amines is 2. The summed E-state index contributed by atoms with van der Waals surface area (Å²) in [5, 5.41) is 10.2. The highest BCUT2D eigenvalue weighted by Gasteiger charge is 2.26. The Kier molecular flexibility index (Phi) is 4.59. The van der Waals surface area contributed by atoms with E-state index in [0.29, 0.717) is 22.8 Å². The lowest BCUT2D eigenvalue weighted by Gasteiger charge is -2.02. The fourth-order valence-corrected chi connectivity index (χ4v) is 4.18. The van der Waals surface area contributed by atoms with Crippen molar-refractivity contribution >= 4 is 29.0 Å². The van der Waals surface area contributed by atoms with Gasteiger partial charge < -0.3 is 10.3 Å². The molecule has 0 saturated heterocycles. The molecule has 2 aromatic heterocycles. The number of anilines is 1. The van der Waals surface area contributed by atoms with Crippen molar-refractivity contribution < 1.29 is 9.59 Å². The summed E-state index contributed by atoms with van der Waals surface area (Å²) in [6.45, 7) is 5.29. The van der Waals surface area contributed by atoms with Crippen molar-refractivity contribution in [3.8, 4) is 22.8 Å². The van der Waals surface area contributed by atoms with Gasteiger partial charge in [0.15, 0.2) is 17.4 Å². The first-order valence-electron chi connectivity index (χ1n) is 10.3. The minimum absolute atomic E-state index is 0.00159. The van der Waals surface area contributed by atoms with Crippen molar-refractivity contribution in [2.45, 2.75) is 20.8 Å². The topological polar surface area (TPSA) is 104 Å². The van der Waals surface area contributed by atoms with Crippen LogP contribution in [0.1, 0.15) is 39.8 Å². The van der Waals surface area contributed by atoms with Gasteiger partial charge in [-0.2, -0.15) is 5.10 Å². The van der Waals surface area contributed by atoms with Crippen LogP contribution in [0.4, 0.5) is 5.69 Å². The standard InChI is InChI=1S/C25H21N5O2/c1-13-21(26-14(2)22(13)15(3)31)12-19-18-11-17(9-10-20(18)27-25(19)32)24-28-23(29-30-24)16-7-5-4-6-8-16/h4-12,26H,1-3H3,(H,27,32)(H,28,29,30)/b19-12-. The van der Waals surface area contributed by atoms with E-state index in [0.717, 1.165) is 39.3 Å². The zero-order valence-electron chi connectivity index (χ0n) is 17.9. The van der Waals surface area contributed by atoms with Crippen LogP contribution < -0.4 is 5.32 Å². The molecule has 2 aromatic carbocycles. The lowest BCUT2D eigenvalue weighted by Crippen LogP contribution is -2.03. The first kappa shape index (κ1) is 19.7. The van der Waals surface area contributed by atoms with Gasteiger partial charge in [-0.3, -0.25) is 14.7 Å². The molecular formula is C25H21N5O2. The predicted molar refractivity (Wildman–Crippen MR) is 124 cm³/mol. The number of amides is 1. The summed E-state index contributed by atoms with van der Waals surface area (Å²) in [4.78, 5) is 32.5. The number of Topliss-reactive ketones (excluding diaryl/α,β-unsaturated/α-hetero) is 1. The number of hydrogen-bond donors (Lipinski definition) is 3. The Labute approximate surface area is 184 Å². The van der Waals surface area contributed by atoms with E-state index in [1.807, 2.05) is 62.4 Å². The molecule has 0 radical (unpaired) electrons. The molecule has 4 aromatic rings. The van der Waals surface area contributed by atoms with E-state index in [2.05, 4.69) is 25.5 Å². The molecule has 0 spiro atoms. The Morgan fingerprint density at radius 2 is 1.81 bits per heavy atom. The van der Waals surface area contributed by atoms with Gasteiger partial charge in [-0.25, -0.2) is 4.98 Å². The number of rotatable bonds is 4. The third kappa shape index (κ3) is 3.24. The summed E-state index contributed by atoms with van der Waals surface area (Å²) < 4.78 is 0. The van der Waals surface area contributed by atoms with Gasteiger partial charge in [0.05, 0.1) is 5.57 Å². The first-order valence-corrected chi connectivity index (χ1v) is 10.3. The Morgan fingerprint density at radius 1 is 1.03 bits per heavy atom. The van der Waals surface area contributed by atoms with Crippen LogP contribution in [-0.4, -0.2) is 31.9 Å². The van der Waals surface area contributed by atoms with Gasteiger partial charge >= 0.3 is 0 Å². The number of hydrogen-bond acceptors (Lipinski definition) is 4. The second-order valence-electron chi connectivity index (χ2n) is 7.87. The van der Waals surface area contributed by atoms with Crippen molar-refractivity contribution in [2.75, 3.05) is 5.32 Å². The van der Waals surface area contributed by atoms with Crippen LogP contribution in [0.2, 0.25) is 0 Å². The summed E-state index contributed by atoms with van der Waals surface area (Å²) in [5.41, 5.74) is 6.83. The molecule has 32 heavy (non-hydrogen) atoms. The largest absolute Gasteiger partial charge is 0.358 e. The maximum Gasteiger partial charge on any atom is 0.256 e. The number of benzene rings is 2. The van der Waals surface area contributed by atoms with Crippen LogP contribution in [0.3, 0.4) is 0 Å². The molecule has 0 fully saturated rings. The number of fused-ring (bicyclic) bond motifs is 1. The number of carbonyl (C=O) groups is 2. The number of nitrogens with zero attached hydrogens (tertiary/aromatic N) is 2. The molecular weight excluding hydrogens is 402 g/mol. The molecule has 7 nitrogen and oxygen atoms in total. The highest BCUT2D eigenvalue weighted by Crippen LogP contribution is 2.36. The maximum atomic E-state index is 12.7. The molecule has 3 N–H and O–H groups in total. The minimum Gasteiger partial charge on any atom is -0.358 e. The van der Waals surface area contributed by atoms with Crippen LogP contribution >= 0.6 is 0 Å². The van der Waals surface area contributed by atoms with Gasteiger partial charge in [-0.05, 0) is 50.6 Å². The number of nitrogens with one attached hydrogen (secondary N) is 3. The zero-order valence-corrected chi connectivity index (χ0v) is 17.9. The Morgan fingerprint density at radius 3 is 2.53 bits per heavy atom. The lowest BCUT2D eigenvalue weighted by molar-refractivity contribution is -0.110. The van der Waals surface area contributed by atoms with E-state index in [1.54, 1.807) is 13.0 Å². The Balaban J connectivity index is 1.55. The normalized spacial score (nSPS) is 14.0. The van der Waals surface area contributed by atoms with Gasteiger partial charge in [0, 0.05) is 39.3 Å². The maximum absolute atomic E-state index is 12.7. The van der Waals surface area contributed by atoms with Crippen molar-refractivity contribution in [3.05, 3.63) is 76.6 Å². The van der Waals surface area contributed by atoms with Crippen molar-refractivity contribution in [3.63, 3.8) is 0 Å². The predicted octanol–water partition coefficient (Wildman–Crippen LogP) is 4.78. The molecule has 158 valence electrons. The molecule has 0 aliphatic carbocycles. The van der Waals surface area contributed by atoms with Gasteiger partial charge in [0.1, 0.15) is 0 Å². The van der Waals surface area contributed by atoms with Gasteiger partial charge in [-0.1, -0.05) is 30.3 Å². The first-order chi connectivity index (χ1) is 15.4. The number of aryl methyl sites for hydroxylation is 1. The van der Waals surface area contributed by atoms with Crippen LogP contribution in [0.15, 0.2) is 48.5 Å². The third-order valence-corrected chi connectivity index (χ3v) is 5.71. The van der Waals surface area contributed by atoms with Crippen LogP contribution in [0.25, 0.3) is 34.4 Å². The number of ketones is 1.